The number of nitrogens with zero attached hydrogens (tertiary/aromatic N) is 1. The van der Waals surface area contributed by atoms with Gasteiger partial charge in [0.25, 0.3) is 0 Å². The third-order valence-corrected chi connectivity index (χ3v) is 4.39. The van der Waals surface area contributed by atoms with Crippen molar-refractivity contribution in [2.75, 3.05) is 6.26 Å². The molecule has 0 unspecified atom stereocenters. The van der Waals surface area contributed by atoms with Crippen LogP contribution in [0.2, 0.25) is 0 Å². The summed E-state index contributed by atoms with van der Waals surface area (Å²) in [6, 6.07) is 0.118. The summed E-state index contributed by atoms with van der Waals surface area (Å²) in [5.74, 6) is 0. The number of aliphatic hydroxyl groups excluding tert-OH is 1. The first-order chi connectivity index (χ1) is 5.98. The van der Waals surface area contributed by atoms with E-state index < -0.39 is 10.0 Å². The lowest BCUT2D eigenvalue weighted by Gasteiger charge is -2.34. The molecule has 2 rings (SSSR count). The second kappa shape index (κ2) is 2.93. The van der Waals surface area contributed by atoms with E-state index in [1.165, 1.54) is 6.26 Å². The van der Waals surface area contributed by atoms with Crippen LogP contribution in [-0.4, -0.2) is 42.3 Å². The largest absolute Gasteiger partial charge is 0.393 e. The lowest BCUT2D eigenvalue weighted by atomic mass is 10.0. The number of sulfonamides is 1. The lowest BCUT2D eigenvalue weighted by molar-refractivity contribution is 0.0772. The van der Waals surface area contributed by atoms with E-state index in [2.05, 4.69) is 0 Å². The molecule has 2 fully saturated rings. The van der Waals surface area contributed by atoms with Crippen molar-refractivity contribution in [3.63, 3.8) is 0 Å². The van der Waals surface area contributed by atoms with Crippen LogP contribution < -0.4 is 0 Å². The van der Waals surface area contributed by atoms with Crippen LogP contribution in [0, 0.1) is 0 Å². The highest BCUT2D eigenvalue weighted by atomic mass is 32.2. The molecule has 76 valence electrons. The van der Waals surface area contributed by atoms with E-state index in [9.17, 15) is 13.5 Å². The van der Waals surface area contributed by atoms with Crippen LogP contribution in [0.3, 0.4) is 0 Å². The maximum atomic E-state index is 11.4. The van der Waals surface area contributed by atoms with Crippen molar-refractivity contribution in [3.05, 3.63) is 0 Å². The molecule has 0 amide bonds. The molecule has 2 saturated heterocycles. The summed E-state index contributed by atoms with van der Waals surface area (Å²) in [4.78, 5) is 0. The number of hydrogen-bond donors (Lipinski definition) is 1. The first kappa shape index (κ1) is 9.43. The Morgan fingerprint density at radius 2 is 1.69 bits per heavy atom. The van der Waals surface area contributed by atoms with Crippen LogP contribution in [0.15, 0.2) is 0 Å². The normalized spacial score (nSPS) is 40.9. The third kappa shape index (κ3) is 1.60. The van der Waals surface area contributed by atoms with Crippen molar-refractivity contribution >= 4 is 10.0 Å². The van der Waals surface area contributed by atoms with E-state index >= 15 is 0 Å². The Morgan fingerprint density at radius 1 is 1.23 bits per heavy atom. The van der Waals surface area contributed by atoms with Crippen molar-refractivity contribution in [1.82, 2.24) is 4.31 Å². The van der Waals surface area contributed by atoms with Crippen LogP contribution in [-0.2, 0) is 10.0 Å². The zero-order chi connectivity index (χ0) is 9.64. The van der Waals surface area contributed by atoms with Gasteiger partial charge in [0.2, 0.25) is 10.0 Å². The summed E-state index contributed by atoms with van der Waals surface area (Å²) in [7, 11) is -3.06. The molecule has 0 aromatic carbocycles. The predicted molar refractivity (Wildman–Crippen MR) is 48.7 cm³/mol. The molecule has 0 spiro atoms. The fourth-order valence-corrected chi connectivity index (χ4v) is 4.11. The van der Waals surface area contributed by atoms with Crippen LogP contribution in [0.4, 0.5) is 0 Å². The molecule has 0 aromatic heterocycles. The lowest BCUT2D eigenvalue weighted by Crippen LogP contribution is -2.47. The second-order valence-electron chi connectivity index (χ2n) is 4.10. The number of rotatable bonds is 1. The van der Waals surface area contributed by atoms with Crippen LogP contribution in [0.5, 0.6) is 0 Å². The van der Waals surface area contributed by atoms with Crippen molar-refractivity contribution < 1.29 is 13.5 Å². The second-order valence-corrected chi connectivity index (χ2v) is 5.99. The minimum atomic E-state index is -3.06. The Morgan fingerprint density at radius 3 is 2.08 bits per heavy atom. The molecule has 4 nitrogen and oxygen atoms in total. The quantitative estimate of drug-likeness (QED) is 0.652. The molecule has 13 heavy (non-hydrogen) atoms. The fourth-order valence-electron chi connectivity index (χ4n) is 2.65. The standard InChI is InChI=1S/C8H15NO3S/c1-13(11,12)9-6-2-3-7(9)5-8(10)4-6/h6-8,10H,2-5H2,1H3/t6-,7+,8+. The first-order valence-electron chi connectivity index (χ1n) is 4.65. The zero-order valence-corrected chi connectivity index (χ0v) is 8.50. The summed E-state index contributed by atoms with van der Waals surface area (Å²) in [6.07, 6.45) is 4.02. The van der Waals surface area contributed by atoms with Gasteiger partial charge in [0.1, 0.15) is 0 Å². The third-order valence-electron chi connectivity index (χ3n) is 3.02. The Hall–Kier alpha value is -0.130. The Kier molecular flexibility index (Phi) is 2.13. The molecule has 0 aromatic rings. The molecule has 2 aliphatic rings. The van der Waals surface area contributed by atoms with Gasteiger partial charge >= 0.3 is 0 Å². The Bertz CT molecular complexity index is 287. The Balaban J connectivity index is 2.25. The van der Waals surface area contributed by atoms with E-state index in [0.717, 1.165) is 12.8 Å². The Labute approximate surface area is 78.6 Å². The highest BCUT2D eigenvalue weighted by Crippen LogP contribution is 2.37. The minimum Gasteiger partial charge on any atom is -0.393 e. The van der Waals surface area contributed by atoms with Crippen molar-refractivity contribution in [2.24, 2.45) is 0 Å². The van der Waals surface area contributed by atoms with Gasteiger partial charge in [-0.3, -0.25) is 0 Å². The van der Waals surface area contributed by atoms with E-state index in [0.29, 0.717) is 12.8 Å². The molecule has 3 atom stereocenters. The SMILES string of the molecule is CS(=O)(=O)N1[C@@H]2CC[C@H]1C[C@@H](O)C2. The zero-order valence-electron chi connectivity index (χ0n) is 7.68. The highest BCUT2D eigenvalue weighted by molar-refractivity contribution is 7.88. The van der Waals surface area contributed by atoms with Crippen molar-refractivity contribution in [1.29, 1.82) is 0 Å². The van der Waals surface area contributed by atoms with Crippen LogP contribution in [0.25, 0.3) is 0 Å². The van der Waals surface area contributed by atoms with Gasteiger partial charge in [-0.1, -0.05) is 0 Å². The molecule has 0 aliphatic carbocycles. The van der Waals surface area contributed by atoms with Gasteiger partial charge in [0.05, 0.1) is 12.4 Å². The molecular weight excluding hydrogens is 190 g/mol. The molecule has 2 bridgehead atoms. The smallest absolute Gasteiger partial charge is 0.211 e. The number of aliphatic hydroxyl groups is 1. The first-order valence-corrected chi connectivity index (χ1v) is 6.50. The number of hydrogen-bond acceptors (Lipinski definition) is 3. The summed E-state index contributed by atoms with van der Waals surface area (Å²) in [5.41, 5.74) is 0. The van der Waals surface area contributed by atoms with Crippen molar-refractivity contribution in [2.45, 2.75) is 43.9 Å². The van der Waals surface area contributed by atoms with E-state index in [1.54, 1.807) is 4.31 Å². The molecule has 0 saturated carbocycles. The monoisotopic (exact) mass is 205 g/mol. The van der Waals surface area contributed by atoms with E-state index in [4.69, 9.17) is 0 Å². The molecule has 1 N–H and O–H groups in total. The number of piperidine rings is 1. The summed E-state index contributed by atoms with van der Waals surface area (Å²) in [6.45, 7) is 0. The average molecular weight is 205 g/mol. The van der Waals surface area contributed by atoms with Gasteiger partial charge in [-0.05, 0) is 25.7 Å². The van der Waals surface area contributed by atoms with Crippen LogP contribution in [0.1, 0.15) is 25.7 Å². The van der Waals surface area contributed by atoms with Gasteiger partial charge < -0.3 is 5.11 Å². The summed E-state index contributed by atoms with van der Waals surface area (Å²) in [5, 5.41) is 9.45. The maximum Gasteiger partial charge on any atom is 0.211 e. The summed E-state index contributed by atoms with van der Waals surface area (Å²) < 4.78 is 24.4. The molecular formula is C8H15NO3S. The van der Waals surface area contributed by atoms with Gasteiger partial charge in [0.15, 0.2) is 0 Å². The summed E-state index contributed by atoms with van der Waals surface area (Å²) >= 11 is 0. The molecule has 2 heterocycles. The van der Waals surface area contributed by atoms with Crippen LogP contribution >= 0.6 is 0 Å². The average Bonchev–Trinajstić information content (AvgIpc) is 2.23. The van der Waals surface area contributed by atoms with E-state index in [-0.39, 0.29) is 18.2 Å². The maximum absolute atomic E-state index is 11.4. The number of fused-ring (bicyclic) bond motifs is 2. The van der Waals surface area contributed by atoms with Gasteiger partial charge in [-0.15, -0.1) is 0 Å². The minimum absolute atomic E-state index is 0.0590. The topological polar surface area (TPSA) is 57.6 Å². The van der Waals surface area contributed by atoms with Gasteiger partial charge in [0, 0.05) is 12.1 Å². The van der Waals surface area contributed by atoms with E-state index in [1.807, 2.05) is 0 Å². The van der Waals surface area contributed by atoms with Gasteiger partial charge in [-0.2, -0.15) is 4.31 Å². The molecule has 0 radical (unpaired) electrons. The molecule has 5 heteroatoms. The van der Waals surface area contributed by atoms with Gasteiger partial charge in [-0.25, -0.2) is 8.42 Å². The fraction of sp³-hybridized carbons (Fsp3) is 1.00. The highest BCUT2D eigenvalue weighted by Gasteiger charge is 2.44. The molecule has 2 aliphatic heterocycles. The van der Waals surface area contributed by atoms with Crippen molar-refractivity contribution in [3.8, 4) is 0 Å². The predicted octanol–water partition coefficient (Wildman–Crippen LogP) is -0.0663.